The minimum atomic E-state index is -0.683. The van der Waals surface area contributed by atoms with Crippen LogP contribution in [0.5, 0.6) is 0 Å². The first-order chi connectivity index (χ1) is 14.6. The summed E-state index contributed by atoms with van der Waals surface area (Å²) in [5.74, 6) is -0.257. The molecule has 0 radical (unpaired) electrons. The Morgan fingerprint density at radius 3 is 2.20 bits per heavy atom. The molecule has 6 heteroatoms. The van der Waals surface area contributed by atoms with E-state index in [-0.39, 0.29) is 12.5 Å². The predicted molar refractivity (Wildman–Crippen MR) is 117 cm³/mol. The Kier molecular flexibility index (Phi) is 7.58. The maximum Gasteiger partial charge on any atom is 0.421 e. The SMILES string of the molecule is Cc1cccc(NC(=O)[C@H](Cc2ccccc2)NNC(=O)OCc2ccccc2)c1. The highest BCUT2D eigenvalue weighted by Gasteiger charge is 2.20. The van der Waals surface area contributed by atoms with Crippen LogP contribution in [0, 0.1) is 6.92 Å². The van der Waals surface area contributed by atoms with Gasteiger partial charge in [0, 0.05) is 5.69 Å². The zero-order chi connectivity index (χ0) is 21.2. The standard InChI is InChI=1S/C24H25N3O3/c1-18-9-8-14-21(15-18)25-23(28)22(16-19-10-4-2-5-11-19)26-27-24(29)30-17-20-12-6-3-7-13-20/h2-15,22,26H,16-17H2,1H3,(H,25,28)(H,27,29)/t22-/m0/s1. The van der Waals surface area contributed by atoms with Gasteiger partial charge in [-0.2, -0.15) is 0 Å². The number of hydrogen-bond acceptors (Lipinski definition) is 4. The Hall–Kier alpha value is -3.64. The fraction of sp³-hybridized carbons (Fsp3) is 0.167. The molecule has 3 aromatic carbocycles. The second kappa shape index (κ2) is 10.8. The molecule has 6 nitrogen and oxygen atoms in total. The molecule has 0 heterocycles. The minimum Gasteiger partial charge on any atom is -0.444 e. The Bertz CT molecular complexity index is 962. The van der Waals surface area contributed by atoms with E-state index in [1.54, 1.807) is 0 Å². The molecule has 0 bridgehead atoms. The van der Waals surface area contributed by atoms with Crippen LogP contribution in [-0.4, -0.2) is 18.0 Å². The summed E-state index contributed by atoms with van der Waals surface area (Å²) in [6.07, 6.45) is -0.252. The number of hydrogen-bond donors (Lipinski definition) is 3. The van der Waals surface area contributed by atoms with Crippen LogP contribution >= 0.6 is 0 Å². The number of rotatable bonds is 8. The lowest BCUT2D eigenvalue weighted by atomic mass is 10.1. The summed E-state index contributed by atoms with van der Waals surface area (Å²) in [4.78, 5) is 24.9. The zero-order valence-electron chi connectivity index (χ0n) is 16.8. The van der Waals surface area contributed by atoms with Crippen LogP contribution in [0.3, 0.4) is 0 Å². The zero-order valence-corrected chi connectivity index (χ0v) is 16.8. The summed E-state index contributed by atoms with van der Waals surface area (Å²) < 4.78 is 5.20. The number of ether oxygens (including phenoxy) is 1. The van der Waals surface area contributed by atoms with Crippen molar-refractivity contribution in [3.63, 3.8) is 0 Å². The number of benzene rings is 3. The third kappa shape index (κ3) is 6.76. The number of nitrogens with one attached hydrogen (secondary N) is 3. The van der Waals surface area contributed by atoms with Crippen LogP contribution in [0.1, 0.15) is 16.7 Å². The van der Waals surface area contributed by atoms with Gasteiger partial charge in [-0.05, 0) is 42.2 Å². The molecule has 1 atom stereocenters. The van der Waals surface area contributed by atoms with Crippen LogP contribution in [-0.2, 0) is 22.6 Å². The number of carbonyl (C=O) groups is 2. The van der Waals surface area contributed by atoms with Gasteiger partial charge in [-0.15, -0.1) is 0 Å². The van der Waals surface area contributed by atoms with E-state index in [9.17, 15) is 9.59 Å². The van der Waals surface area contributed by atoms with Crippen molar-refractivity contribution >= 4 is 17.7 Å². The van der Waals surface area contributed by atoms with E-state index in [1.165, 1.54) is 0 Å². The lowest BCUT2D eigenvalue weighted by molar-refractivity contribution is -0.118. The van der Waals surface area contributed by atoms with E-state index in [0.29, 0.717) is 12.1 Å². The summed E-state index contributed by atoms with van der Waals surface area (Å²) >= 11 is 0. The van der Waals surface area contributed by atoms with Gasteiger partial charge in [-0.1, -0.05) is 72.8 Å². The fourth-order valence-electron chi connectivity index (χ4n) is 2.92. The van der Waals surface area contributed by atoms with Crippen LogP contribution in [0.4, 0.5) is 10.5 Å². The Morgan fingerprint density at radius 1 is 0.867 bits per heavy atom. The van der Waals surface area contributed by atoms with E-state index >= 15 is 0 Å². The van der Waals surface area contributed by atoms with Crippen LogP contribution in [0.2, 0.25) is 0 Å². The number of carbonyl (C=O) groups excluding carboxylic acids is 2. The van der Waals surface area contributed by atoms with Gasteiger partial charge < -0.3 is 10.1 Å². The van der Waals surface area contributed by atoms with Crippen LogP contribution in [0.25, 0.3) is 0 Å². The monoisotopic (exact) mass is 403 g/mol. The molecule has 3 N–H and O–H groups in total. The van der Waals surface area contributed by atoms with E-state index in [2.05, 4.69) is 16.2 Å². The van der Waals surface area contributed by atoms with Crippen molar-refractivity contribution in [2.45, 2.75) is 26.0 Å². The normalized spacial score (nSPS) is 11.4. The van der Waals surface area contributed by atoms with E-state index < -0.39 is 12.1 Å². The summed E-state index contributed by atoms with van der Waals surface area (Å²) in [6, 6.07) is 25.8. The van der Waals surface area contributed by atoms with Gasteiger partial charge in [0.25, 0.3) is 0 Å². The van der Waals surface area contributed by atoms with Crippen molar-refractivity contribution in [1.29, 1.82) is 0 Å². The van der Waals surface area contributed by atoms with Gasteiger partial charge >= 0.3 is 6.09 Å². The molecule has 0 aliphatic heterocycles. The number of aryl methyl sites for hydroxylation is 1. The van der Waals surface area contributed by atoms with Crippen LogP contribution in [0.15, 0.2) is 84.9 Å². The molecule has 30 heavy (non-hydrogen) atoms. The van der Waals surface area contributed by atoms with Gasteiger partial charge in [0.1, 0.15) is 12.6 Å². The highest BCUT2D eigenvalue weighted by Crippen LogP contribution is 2.11. The van der Waals surface area contributed by atoms with E-state index in [4.69, 9.17) is 4.74 Å². The molecule has 0 aliphatic rings. The highest BCUT2D eigenvalue weighted by atomic mass is 16.6. The van der Waals surface area contributed by atoms with Gasteiger partial charge in [0.15, 0.2) is 0 Å². The molecule has 0 saturated carbocycles. The summed E-state index contributed by atoms with van der Waals surface area (Å²) in [7, 11) is 0. The fourth-order valence-corrected chi connectivity index (χ4v) is 2.92. The second-order valence-corrected chi connectivity index (χ2v) is 6.93. The summed E-state index contributed by atoms with van der Waals surface area (Å²) in [5, 5.41) is 2.89. The molecule has 0 fully saturated rings. The average Bonchev–Trinajstić information content (AvgIpc) is 2.76. The summed E-state index contributed by atoms with van der Waals surface area (Å²) in [6.45, 7) is 2.10. The molecular weight excluding hydrogens is 378 g/mol. The van der Waals surface area contributed by atoms with E-state index in [0.717, 1.165) is 16.7 Å². The smallest absolute Gasteiger partial charge is 0.421 e. The molecule has 0 saturated heterocycles. The molecular formula is C24H25N3O3. The third-order valence-electron chi connectivity index (χ3n) is 4.45. The van der Waals surface area contributed by atoms with E-state index in [1.807, 2.05) is 91.9 Å². The van der Waals surface area contributed by atoms with Crippen molar-refractivity contribution < 1.29 is 14.3 Å². The summed E-state index contributed by atoms with van der Waals surface area (Å²) in [5.41, 5.74) is 8.87. The lowest BCUT2D eigenvalue weighted by Crippen LogP contribution is -2.51. The van der Waals surface area contributed by atoms with Crippen molar-refractivity contribution in [3.8, 4) is 0 Å². The number of hydrazine groups is 1. The molecule has 0 spiro atoms. The number of amides is 2. The van der Waals surface area contributed by atoms with Gasteiger partial charge in [0.05, 0.1) is 0 Å². The Labute approximate surface area is 176 Å². The largest absolute Gasteiger partial charge is 0.444 e. The molecule has 2 amide bonds. The average molecular weight is 403 g/mol. The third-order valence-corrected chi connectivity index (χ3v) is 4.45. The minimum absolute atomic E-state index is 0.146. The first-order valence-electron chi connectivity index (χ1n) is 9.74. The van der Waals surface area contributed by atoms with Crippen molar-refractivity contribution in [1.82, 2.24) is 10.9 Å². The van der Waals surface area contributed by atoms with Crippen molar-refractivity contribution in [2.24, 2.45) is 0 Å². The Morgan fingerprint density at radius 2 is 1.53 bits per heavy atom. The Balaban J connectivity index is 1.60. The highest BCUT2D eigenvalue weighted by molar-refractivity contribution is 5.95. The van der Waals surface area contributed by atoms with Crippen LogP contribution < -0.4 is 16.2 Å². The molecule has 0 unspecified atom stereocenters. The second-order valence-electron chi connectivity index (χ2n) is 6.93. The predicted octanol–water partition coefficient (Wildman–Crippen LogP) is 3.98. The van der Waals surface area contributed by atoms with Crippen molar-refractivity contribution in [2.75, 3.05) is 5.32 Å². The van der Waals surface area contributed by atoms with Gasteiger partial charge in [0.2, 0.25) is 5.91 Å². The number of anilines is 1. The lowest BCUT2D eigenvalue weighted by Gasteiger charge is -2.19. The maximum atomic E-state index is 12.9. The topological polar surface area (TPSA) is 79.5 Å². The quantitative estimate of drug-likeness (QED) is 0.497. The van der Waals surface area contributed by atoms with Gasteiger partial charge in [-0.3, -0.25) is 10.2 Å². The molecule has 0 aliphatic carbocycles. The molecule has 0 aromatic heterocycles. The molecule has 3 rings (SSSR count). The maximum absolute atomic E-state index is 12.9. The first-order valence-corrected chi connectivity index (χ1v) is 9.74. The molecule has 3 aromatic rings. The van der Waals surface area contributed by atoms with Gasteiger partial charge in [-0.25, -0.2) is 10.2 Å². The van der Waals surface area contributed by atoms with Crippen molar-refractivity contribution in [3.05, 3.63) is 102 Å². The molecule has 154 valence electrons. The first kappa shape index (κ1) is 21.1.